The van der Waals surface area contributed by atoms with Gasteiger partial charge >= 0.3 is 0 Å². The van der Waals surface area contributed by atoms with E-state index in [4.69, 9.17) is 5.41 Å². The van der Waals surface area contributed by atoms with E-state index < -0.39 is 0 Å². The van der Waals surface area contributed by atoms with Gasteiger partial charge in [-0.15, -0.1) is 11.3 Å². The molecule has 0 spiro atoms. The summed E-state index contributed by atoms with van der Waals surface area (Å²) in [4.78, 5) is 18.1. The molecule has 20 heavy (non-hydrogen) atoms. The van der Waals surface area contributed by atoms with E-state index in [9.17, 15) is 4.79 Å². The van der Waals surface area contributed by atoms with Gasteiger partial charge in [-0.1, -0.05) is 44.2 Å². The Kier molecular flexibility index (Phi) is 3.05. The van der Waals surface area contributed by atoms with Gasteiger partial charge in [-0.25, -0.2) is 4.98 Å². The van der Waals surface area contributed by atoms with Gasteiger partial charge in [0.2, 0.25) is 4.80 Å². The third-order valence-corrected chi connectivity index (χ3v) is 4.43. The third-order valence-electron chi connectivity index (χ3n) is 3.55. The molecule has 0 radical (unpaired) electrons. The van der Waals surface area contributed by atoms with Crippen LogP contribution in [0.2, 0.25) is 0 Å². The van der Waals surface area contributed by atoms with Gasteiger partial charge < -0.3 is 0 Å². The molecule has 0 fully saturated rings. The molecular formula is C16H16N2OS. The maximum absolute atomic E-state index is 12.5. The lowest BCUT2D eigenvalue weighted by Crippen LogP contribution is -2.28. The molecule has 3 rings (SSSR count). The lowest BCUT2D eigenvalue weighted by Gasteiger charge is -2.30. The molecule has 3 nitrogen and oxygen atoms in total. The lowest BCUT2D eigenvalue weighted by molar-refractivity contribution is 0.0914. The number of rotatable bonds is 1. The SMILES string of the molecule is CC1(C)CC(=O)c2c(-c3ccccc3)nc(=N)sc2C1. The van der Waals surface area contributed by atoms with E-state index in [0.717, 1.165) is 22.4 Å². The van der Waals surface area contributed by atoms with Crippen molar-refractivity contribution in [3.05, 3.63) is 45.6 Å². The number of hydrogen-bond donors (Lipinski definition) is 1. The normalized spacial score (nSPS) is 16.8. The van der Waals surface area contributed by atoms with Gasteiger partial charge in [0.15, 0.2) is 5.78 Å². The van der Waals surface area contributed by atoms with Crippen LogP contribution in [0.15, 0.2) is 30.3 Å². The van der Waals surface area contributed by atoms with Crippen LogP contribution < -0.4 is 4.80 Å². The van der Waals surface area contributed by atoms with Gasteiger partial charge in [0, 0.05) is 16.9 Å². The van der Waals surface area contributed by atoms with E-state index in [-0.39, 0.29) is 16.0 Å². The van der Waals surface area contributed by atoms with Gasteiger partial charge in [0.25, 0.3) is 0 Å². The van der Waals surface area contributed by atoms with Gasteiger partial charge in [0.05, 0.1) is 11.3 Å². The predicted molar refractivity (Wildman–Crippen MR) is 79.8 cm³/mol. The number of carbonyl (C=O) groups is 1. The number of aromatic nitrogens is 1. The first-order valence-electron chi connectivity index (χ1n) is 6.63. The molecule has 1 aromatic carbocycles. The standard InChI is InChI=1S/C16H16N2OS/c1-16(2)8-11(19)13-12(9-16)20-15(17)18-14(13)10-6-4-3-5-7-10/h3-7,17H,8-9H2,1-2H3. The lowest BCUT2D eigenvalue weighted by atomic mass is 9.76. The van der Waals surface area contributed by atoms with Crippen LogP contribution in [0.5, 0.6) is 0 Å². The Bertz CT molecular complexity index is 732. The monoisotopic (exact) mass is 284 g/mol. The van der Waals surface area contributed by atoms with Crippen molar-refractivity contribution in [3.8, 4) is 11.3 Å². The highest BCUT2D eigenvalue weighted by Gasteiger charge is 2.34. The fourth-order valence-electron chi connectivity index (χ4n) is 2.72. The molecule has 0 bridgehead atoms. The van der Waals surface area contributed by atoms with Crippen molar-refractivity contribution in [2.75, 3.05) is 0 Å². The molecule has 1 heterocycles. The molecule has 1 N–H and O–H groups in total. The number of Topliss-reactive ketones (excluding diaryl/α,β-unsaturated/α-hetero) is 1. The Balaban J connectivity index is 2.26. The minimum atomic E-state index is -0.0255. The molecule has 1 aromatic heterocycles. The van der Waals surface area contributed by atoms with Crippen LogP contribution in [0.1, 0.15) is 35.5 Å². The molecule has 0 amide bonds. The van der Waals surface area contributed by atoms with Crippen molar-refractivity contribution in [3.63, 3.8) is 0 Å². The second-order valence-corrected chi connectivity index (χ2v) is 7.06. The van der Waals surface area contributed by atoms with Crippen LogP contribution in [0.25, 0.3) is 11.3 Å². The molecule has 0 unspecified atom stereocenters. The van der Waals surface area contributed by atoms with E-state index in [2.05, 4.69) is 18.8 Å². The second kappa shape index (κ2) is 4.63. The summed E-state index contributed by atoms with van der Waals surface area (Å²) >= 11 is 1.33. The van der Waals surface area contributed by atoms with E-state index in [0.29, 0.717) is 12.1 Å². The van der Waals surface area contributed by atoms with Gasteiger partial charge in [0.1, 0.15) is 0 Å². The number of fused-ring (bicyclic) bond motifs is 1. The maximum Gasteiger partial charge on any atom is 0.202 e. The average Bonchev–Trinajstić information content (AvgIpc) is 2.36. The second-order valence-electron chi connectivity index (χ2n) is 5.97. The van der Waals surface area contributed by atoms with E-state index in [1.165, 1.54) is 11.3 Å². The molecule has 0 saturated carbocycles. The predicted octanol–water partition coefficient (Wildman–Crippen LogP) is 3.44. The Morgan fingerprint density at radius 2 is 1.90 bits per heavy atom. The first kappa shape index (κ1) is 13.2. The van der Waals surface area contributed by atoms with E-state index >= 15 is 0 Å². The van der Waals surface area contributed by atoms with Crippen molar-refractivity contribution in [1.29, 1.82) is 5.41 Å². The average molecular weight is 284 g/mol. The zero-order chi connectivity index (χ0) is 14.3. The first-order valence-corrected chi connectivity index (χ1v) is 7.45. The number of hydrogen-bond acceptors (Lipinski definition) is 4. The summed E-state index contributed by atoms with van der Waals surface area (Å²) in [6.07, 6.45) is 1.39. The Hall–Kier alpha value is -1.81. The van der Waals surface area contributed by atoms with Crippen LogP contribution in [0, 0.1) is 10.8 Å². The molecule has 4 heteroatoms. The molecule has 0 atom stereocenters. The van der Waals surface area contributed by atoms with Gasteiger partial charge in [-0.2, -0.15) is 0 Å². The van der Waals surface area contributed by atoms with Crippen LogP contribution in [0.4, 0.5) is 0 Å². The van der Waals surface area contributed by atoms with Gasteiger partial charge in [-0.05, 0) is 11.8 Å². The highest BCUT2D eigenvalue weighted by atomic mass is 32.1. The van der Waals surface area contributed by atoms with Crippen molar-refractivity contribution in [2.45, 2.75) is 26.7 Å². The maximum atomic E-state index is 12.5. The minimum Gasteiger partial charge on any atom is -0.294 e. The largest absolute Gasteiger partial charge is 0.294 e. The zero-order valence-corrected chi connectivity index (χ0v) is 12.4. The quantitative estimate of drug-likeness (QED) is 0.872. The molecule has 1 aliphatic carbocycles. The highest BCUT2D eigenvalue weighted by molar-refractivity contribution is 7.09. The molecular weight excluding hydrogens is 268 g/mol. The van der Waals surface area contributed by atoms with Gasteiger partial charge in [-0.3, -0.25) is 10.2 Å². The number of carbonyl (C=O) groups excluding carboxylic acids is 1. The summed E-state index contributed by atoms with van der Waals surface area (Å²) in [6, 6.07) is 9.69. The molecule has 1 aliphatic rings. The van der Waals surface area contributed by atoms with E-state index in [1.54, 1.807) is 0 Å². The minimum absolute atomic E-state index is 0.0255. The fourth-order valence-corrected chi connectivity index (χ4v) is 3.86. The number of nitrogens with one attached hydrogen (secondary N) is 1. The van der Waals surface area contributed by atoms with Crippen molar-refractivity contribution < 1.29 is 4.79 Å². The number of benzene rings is 1. The summed E-state index contributed by atoms with van der Waals surface area (Å²) < 4.78 is 0. The van der Waals surface area contributed by atoms with Crippen LogP contribution in [0.3, 0.4) is 0 Å². The Morgan fingerprint density at radius 1 is 1.20 bits per heavy atom. The molecule has 0 saturated heterocycles. The summed E-state index contributed by atoms with van der Waals surface area (Å²) in [6.45, 7) is 4.21. The highest BCUT2D eigenvalue weighted by Crippen LogP contribution is 2.38. The van der Waals surface area contributed by atoms with Crippen LogP contribution in [-0.2, 0) is 6.42 Å². The fraction of sp³-hybridized carbons (Fsp3) is 0.312. The molecule has 0 aliphatic heterocycles. The summed E-state index contributed by atoms with van der Waals surface area (Å²) in [7, 11) is 0. The smallest absolute Gasteiger partial charge is 0.202 e. The summed E-state index contributed by atoms with van der Waals surface area (Å²) in [5.74, 6) is 0.152. The Morgan fingerprint density at radius 3 is 2.60 bits per heavy atom. The topological polar surface area (TPSA) is 53.8 Å². The molecule has 102 valence electrons. The van der Waals surface area contributed by atoms with Crippen molar-refractivity contribution in [2.24, 2.45) is 5.41 Å². The first-order chi connectivity index (χ1) is 9.46. The molecule has 2 aromatic rings. The summed E-state index contributed by atoms with van der Waals surface area (Å²) in [5.41, 5.74) is 2.29. The number of nitrogens with zero attached hydrogens (tertiary/aromatic N) is 1. The zero-order valence-electron chi connectivity index (χ0n) is 11.6. The number of ketones is 1. The Labute approximate surface area is 121 Å². The van der Waals surface area contributed by atoms with Crippen molar-refractivity contribution >= 4 is 17.1 Å². The van der Waals surface area contributed by atoms with Crippen LogP contribution >= 0.6 is 11.3 Å². The third kappa shape index (κ3) is 2.31. The van der Waals surface area contributed by atoms with Crippen LogP contribution in [-0.4, -0.2) is 10.8 Å². The van der Waals surface area contributed by atoms with Crippen molar-refractivity contribution in [1.82, 2.24) is 4.98 Å². The summed E-state index contributed by atoms with van der Waals surface area (Å²) in [5, 5.41) is 7.92. The van der Waals surface area contributed by atoms with E-state index in [1.807, 2.05) is 30.3 Å².